The van der Waals surface area contributed by atoms with Crippen molar-refractivity contribution in [2.75, 3.05) is 18.2 Å². The summed E-state index contributed by atoms with van der Waals surface area (Å²) in [4.78, 5) is 19.5. The van der Waals surface area contributed by atoms with Gasteiger partial charge in [-0.25, -0.2) is 4.98 Å². The Kier molecular flexibility index (Phi) is 5.52. The first-order valence-corrected chi connectivity index (χ1v) is 8.89. The van der Waals surface area contributed by atoms with E-state index in [-0.39, 0.29) is 11.3 Å². The topological polar surface area (TPSA) is 46.3 Å². The highest BCUT2D eigenvalue weighted by Gasteiger charge is 2.20. The van der Waals surface area contributed by atoms with Crippen LogP contribution in [-0.4, -0.2) is 24.2 Å². The predicted octanol–water partition coefficient (Wildman–Crippen LogP) is 4.29. The lowest BCUT2D eigenvalue weighted by Gasteiger charge is -2.17. The number of benzene rings is 1. The minimum Gasteiger partial charge on any atom is -0.445 e. The van der Waals surface area contributed by atoms with Crippen molar-refractivity contribution >= 4 is 23.4 Å². The van der Waals surface area contributed by atoms with E-state index < -0.39 is 0 Å². The average molecular weight is 332 g/mol. The predicted molar refractivity (Wildman–Crippen MR) is 95.2 cm³/mol. The first kappa shape index (κ1) is 17.6. The number of aromatic nitrogens is 1. The summed E-state index contributed by atoms with van der Waals surface area (Å²) in [6, 6.07) is 7.97. The molecule has 0 saturated heterocycles. The molecule has 0 saturated carbocycles. The van der Waals surface area contributed by atoms with E-state index in [1.54, 1.807) is 29.9 Å². The quantitative estimate of drug-likeness (QED) is 0.766. The van der Waals surface area contributed by atoms with Crippen molar-refractivity contribution in [2.24, 2.45) is 0 Å². The highest BCUT2D eigenvalue weighted by Crippen LogP contribution is 2.24. The summed E-state index contributed by atoms with van der Waals surface area (Å²) < 4.78 is 5.74. The van der Waals surface area contributed by atoms with Crippen LogP contribution in [0.5, 0.6) is 0 Å². The van der Waals surface area contributed by atoms with Crippen LogP contribution in [-0.2, 0) is 16.6 Å². The number of thioether (sulfide) groups is 1. The number of amides is 1. The number of nitrogens with zero attached hydrogens (tertiary/aromatic N) is 2. The molecule has 0 bridgehead atoms. The van der Waals surface area contributed by atoms with Crippen LogP contribution >= 0.6 is 11.8 Å². The Hall–Kier alpha value is -1.75. The van der Waals surface area contributed by atoms with Crippen LogP contribution in [0.1, 0.15) is 38.8 Å². The molecule has 0 spiro atoms. The Balaban J connectivity index is 1.97. The van der Waals surface area contributed by atoms with Gasteiger partial charge in [-0.1, -0.05) is 26.8 Å². The monoisotopic (exact) mass is 332 g/mol. The summed E-state index contributed by atoms with van der Waals surface area (Å²) in [6.07, 6.45) is 4.67. The second-order valence-electron chi connectivity index (χ2n) is 6.52. The molecule has 5 heteroatoms. The normalized spacial score (nSPS) is 11.5. The van der Waals surface area contributed by atoms with Crippen molar-refractivity contribution in [3.63, 3.8) is 0 Å². The van der Waals surface area contributed by atoms with Gasteiger partial charge in [-0.15, -0.1) is 11.8 Å². The standard InChI is InChI=1S/C18H24N2O2S/c1-18(2,3)15-12-19-16(22-15)9-10-17(21)20(4)13-7-6-8-14(11-13)23-5/h6-8,11-12H,9-10H2,1-5H3. The molecule has 0 N–H and O–H groups in total. The Morgan fingerprint density at radius 2 is 2.09 bits per heavy atom. The molecular formula is C18H24N2O2S. The van der Waals surface area contributed by atoms with Gasteiger partial charge >= 0.3 is 0 Å². The zero-order valence-corrected chi connectivity index (χ0v) is 15.2. The summed E-state index contributed by atoms with van der Waals surface area (Å²) in [6.45, 7) is 6.23. The number of anilines is 1. The lowest BCUT2D eigenvalue weighted by molar-refractivity contribution is -0.118. The summed E-state index contributed by atoms with van der Waals surface area (Å²) in [5.74, 6) is 1.52. The smallest absolute Gasteiger partial charge is 0.227 e. The van der Waals surface area contributed by atoms with Crippen LogP contribution in [0.15, 0.2) is 39.8 Å². The molecule has 0 atom stereocenters. The van der Waals surface area contributed by atoms with E-state index in [9.17, 15) is 4.79 Å². The third-order valence-electron chi connectivity index (χ3n) is 3.66. The van der Waals surface area contributed by atoms with Gasteiger partial charge in [0.05, 0.1) is 6.20 Å². The van der Waals surface area contributed by atoms with Crippen molar-refractivity contribution in [1.29, 1.82) is 0 Å². The Morgan fingerprint density at radius 3 is 2.70 bits per heavy atom. The van der Waals surface area contributed by atoms with Gasteiger partial charge in [-0.2, -0.15) is 0 Å². The van der Waals surface area contributed by atoms with E-state index in [1.807, 2.05) is 30.5 Å². The fourth-order valence-corrected chi connectivity index (χ4v) is 2.57. The lowest BCUT2D eigenvalue weighted by Crippen LogP contribution is -2.26. The van der Waals surface area contributed by atoms with E-state index >= 15 is 0 Å². The van der Waals surface area contributed by atoms with Crippen LogP contribution in [0.4, 0.5) is 5.69 Å². The van der Waals surface area contributed by atoms with Crippen molar-refractivity contribution in [1.82, 2.24) is 4.98 Å². The fraction of sp³-hybridized carbons (Fsp3) is 0.444. The van der Waals surface area contributed by atoms with Crippen molar-refractivity contribution < 1.29 is 9.21 Å². The van der Waals surface area contributed by atoms with Crippen LogP contribution in [0.3, 0.4) is 0 Å². The van der Waals surface area contributed by atoms with Crippen LogP contribution in [0.2, 0.25) is 0 Å². The van der Waals surface area contributed by atoms with Gasteiger partial charge in [0.1, 0.15) is 5.76 Å². The number of hydrogen-bond donors (Lipinski definition) is 0. The zero-order valence-electron chi connectivity index (χ0n) is 14.4. The fourth-order valence-electron chi connectivity index (χ4n) is 2.12. The van der Waals surface area contributed by atoms with Crippen molar-refractivity contribution in [2.45, 2.75) is 43.9 Å². The van der Waals surface area contributed by atoms with E-state index in [0.717, 1.165) is 16.3 Å². The van der Waals surface area contributed by atoms with Gasteiger partial charge in [-0.3, -0.25) is 4.79 Å². The number of carbonyl (C=O) groups excluding carboxylic acids is 1. The van der Waals surface area contributed by atoms with E-state index in [4.69, 9.17) is 4.42 Å². The molecule has 1 aromatic carbocycles. The Bertz CT molecular complexity index is 674. The maximum absolute atomic E-state index is 12.4. The number of hydrogen-bond acceptors (Lipinski definition) is 4. The zero-order chi connectivity index (χ0) is 17.0. The molecule has 124 valence electrons. The molecule has 0 aliphatic rings. The molecule has 1 aromatic heterocycles. The average Bonchev–Trinajstić information content (AvgIpc) is 3.01. The first-order chi connectivity index (χ1) is 10.8. The second-order valence-corrected chi connectivity index (χ2v) is 7.40. The summed E-state index contributed by atoms with van der Waals surface area (Å²) in [5, 5.41) is 0. The SMILES string of the molecule is CSc1cccc(N(C)C(=O)CCc2ncc(C(C)(C)C)o2)c1. The molecule has 2 rings (SSSR count). The van der Waals surface area contributed by atoms with E-state index in [2.05, 4.69) is 25.8 Å². The van der Waals surface area contributed by atoms with Gasteiger partial charge in [0.15, 0.2) is 5.89 Å². The highest BCUT2D eigenvalue weighted by molar-refractivity contribution is 7.98. The molecule has 0 unspecified atom stereocenters. The van der Waals surface area contributed by atoms with Gasteiger partial charge < -0.3 is 9.32 Å². The summed E-state index contributed by atoms with van der Waals surface area (Å²) in [7, 11) is 1.80. The molecule has 2 aromatic rings. The summed E-state index contributed by atoms with van der Waals surface area (Å²) >= 11 is 1.66. The molecule has 0 radical (unpaired) electrons. The van der Waals surface area contributed by atoms with Gasteiger partial charge in [0.2, 0.25) is 5.91 Å². The van der Waals surface area contributed by atoms with Gasteiger partial charge in [-0.05, 0) is 24.5 Å². The second kappa shape index (κ2) is 7.21. The lowest BCUT2D eigenvalue weighted by atomic mass is 9.94. The molecule has 0 aliphatic carbocycles. The molecule has 4 nitrogen and oxygen atoms in total. The largest absolute Gasteiger partial charge is 0.445 e. The number of aryl methyl sites for hydroxylation is 1. The number of rotatable bonds is 5. The van der Waals surface area contributed by atoms with E-state index in [0.29, 0.717) is 18.7 Å². The number of oxazole rings is 1. The van der Waals surface area contributed by atoms with Gasteiger partial charge in [0, 0.05) is 35.9 Å². The Morgan fingerprint density at radius 1 is 1.35 bits per heavy atom. The van der Waals surface area contributed by atoms with Crippen LogP contribution in [0.25, 0.3) is 0 Å². The minimum atomic E-state index is -0.0652. The Labute approximate surface area is 142 Å². The maximum Gasteiger partial charge on any atom is 0.227 e. The molecule has 0 fully saturated rings. The third kappa shape index (κ3) is 4.61. The van der Waals surface area contributed by atoms with Crippen molar-refractivity contribution in [3.8, 4) is 0 Å². The number of carbonyl (C=O) groups is 1. The van der Waals surface area contributed by atoms with Crippen LogP contribution in [0, 0.1) is 0 Å². The molecular weight excluding hydrogens is 308 g/mol. The first-order valence-electron chi connectivity index (χ1n) is 7.67. The van der Waals surface area contributed by atoms with E-state index in [1.165, 1.54) is 0 Å². The summed E-state index contributed by atoms with van der Waals surface area (Å²) in [5.41, 5.74) is 0.842. The highest BCUT2D eigenvalue weighted by atomic mass is 32.2. The van der Waals surface area contributed by atoms with Crippen LogP contribution < -0.4 is 4.90 Å². The maximum atomic E-state index is 12.4. The van der Waals surface area contributed by atoms with Crippen molar-refractivity contribution in [3.05, 3.63) is 42.1 Å². The van der Waals surface area contributed by atoms with Gasteiger partial charge in [0.25, 0.3) is 0 Å². The molecule has 23 heavy (non-hydrogen) atoms. The third-order valence-corrected chi connectivity index (χ3v) is 4.39. The molecule has 1 heterocycles. The minimum absolute atomic E-state index is 0.0544. The molecule has 1 amide bonds. The molecule has 0 aliphatic heterocycles.